The van der Waals surface area contributed by atoms with Crippen molar-refractivity contribution >= 4 is 39.1 Å². The highest BCUT2D eigenvalue weighted by Gasteiger charge is 2.33. The largest absolute Gasteiger partial charge is 0.352 e. The molecule has 39 heavy (non-hydrogen) atoms. The first kappa shape index (κ1) is 30.2. The first-order valence-electron chi connectivity index (χ1n) is 12.8. The molecule has 2 amide bonds. The smallest absolute Gasteiger partial charge is 0.264 e. The van der Waals surface area contributed by atoms with E-state index in [4.69, 9.17) is 11.6 Å². The standard InChI is InChI=1S/C30H36ClN3O4S/c1-20(2)32-30(36)24(6)33(18-25-9-7-8-10-28(25)31)29(35)19-34(26-14-13-22(4)23(5)17-26)39(37,38)27-15-11-21(3)12-16-27/h7-17,20,24H,18-19H2,1-6H3,(H,32,36). The van der Waals surface area contributed by atoms with Gasteiger partial charge in [-0.05, 0) is 88.6 Å². The highest BCUT2D eigenvalue weighted by Crippen LogP contribution is 2.27. The lowest BCUT2D eigenvalue weighted by Gasteiger charge is -2.32. The zero-order valence-electron chi connectivity index (χ0n) is 23.2. The average Bonchev–Trinajstić information content (AvgIpc) is 2.87. The third-order valence-corrected chi connectivity index (χ3v) is 8.72. The van der Waals surface area contributed by atoms with Gasteiger partial charge >= 0.3 is 0 Å². The second kappa shape index (κ2) is 12.7. The summed E-state index contributed by atoms with van der Waals surface area (Å²) in [4.78, 5) is 28.4. The van der Waals surface area contributed by atoms with Crippen LogP contribution in [0.15, 0.2) is 71.6 Å². The fourth-order valence-corrected chi connectivity index (χ4v) is 5.65. The van der Waals surface area contributed by atoms with E-state index >= 15 is 0 Å². The van der Waals surface area contributed by atoms with Crippen LogP contribution in [0.3, 0.4) is 0 Å². The lowest BCUT2D eigenvalue weighted by molar-refractivity contribution is -0.139. The van der Waals surface area contributed by atoms with E-state index in [1.807, 2.05) is 40.7 Å². The number of amides is 2. The van der Waals surface area contributed by atoms with Gasteiger partial charge in [0.05, 0.1) is 10.6 Å². The number of nitrogens with zero attached hydrogens (tertiary/aromatic N) is 2. The summed E-state index contributed by atoms with van der Waals surface area (Å²) in [6.45, 7) is 10.5. The van der Waals surface area contributed by atoms with E-state index in [2.05, 4.69) is 5.32 Å². The third-order valence-electron chi connectivity index (χ3n) is 6.56. The predicted molar refractivity (Wildman–Crippen MR) is 156 cm³/mol. The van der Waals surface area contributed by atoms with E-state index in [1.165, 1.54) is 17.0 Å². The molecule has 3 rings (SSSR count). The molecule has 1 N–H and O–H groups in total. The SMILES string of the molecule is Cc1ccc(S(=O)(=O)N(CC(=O)N(Cc2ccccc2Cl)C(C)C(=O)NC(C)C)c2ccc(C)c(C)c2)cc1. The Bertz CT molecular complexity index is 1440. The predicted octanol–water partition coefficient (Wildman–Crippen LogP) is 5.40. The Morgan fingerprint density at radius 3 is 2.13 bits per heavy atom. The van der Waals surface area contributed by atoms with Crippen LogP contribution >= 0.6 is 11.6 Å². The van der Waals surface area contributed by atoms with Crippen LogP contribution in [0.5, 0.6) is 0 Å². The number of halogens is 1. The molecule has 9 heteroatoms. The van der Waals surface area contributed by atoms with Crippen molar-refractivity contribution in [1.29, 1.82) is 0 Å². The zero-order valence-corrected chi connectivity index (χ0v) is 24.8. The minimum Gasteiger partial charge on any atom is -0.352 e. The summed E-state index contributed by atoms with van der Waals surface area (Å²) in [5, 5.41) is 3.29. The fraction of sp³-hybridized carbons (Fsp3) is 0.333. The average molecular weight is 570 g/mol. The van der Waals surface area contributed by atoms with Crippen molar-refractivity contribution in [3.05, 3.63) is 94.0 Å². The molecular weight excluding hydrogens is 534 g/mol. The van der Waals surface area contributed by atoms with Gasteiger partial charge in [0.2, 0.25) is 11.8 Å². The van der Waals surface area contributed by atoms with Crippen LogP contribution in [0, 0.1) is 20.8 Å². The van der Waals surface area contributed by atoms with Crippen molar-refractivity contribution in [3.8, 4) is 0 Å². The van der Waals surface area contributed by atoms with Crippen LogP contribution in [0.4, 0.5) is 5.69 Å². The molecule has 0 aromatic heterocycles. The van der Waals surface area contributed by atoms with E-state index in [0.29, 0.717) is 16.3 Å². The summed E-state index contributed by atoms with van der Waals surface area (Å²) < 4.78 is 28.9. The number of hydrogen-bond acceptors (Lipinski definition) is 4. The van der Waals surface area contributed by atoms with Crippen LogP contribution < -0.4 is 9.62 Å². The number of sulfonamides is 1. The van der Waals surface area contributed by atoms with Crippen LogP contribution in [0.2, 0.25) is 5.02 Å². The molecule has 0 saturated heterocycles. The monoisotopic (exact) mass is 569 g/mol. The second-order valence-corrected chi connectivity index (χ2v) is 12.3. The fourth-order valence-electron chi connectivity index (χ4n) is 4.04. The molecule has 1 atom stereocenters. The van der Waals surface area contributed by atoms with Gasteiger partial charge in [0.25, 0.3) is 10.0 Å². The maximum atomic E-state index is 14.0. The van der Waals surface area contributed by atoms with Gasteiger partial charge in [-0.25, -0.2) is 8.42 Å². The van der Waals surface area contributed by atoms with Gasteiger partial charge in [-0.1, -0.05) is 53.6 Å². The van der Waals surface area contributed by atoms with Crippen molar-refractivity contribution in [3.63, 3.8) is 0 Å². The number of nitrogens with one attached hydrogen (secondary N) is 1. The van der Waals surface area contributed by atoms with Crippen molar-refractivity contribution in [2.45, 2.75) is 65.1 Å². The van der Waals surface area contributed by atoms with Crippen LogP contribution in [-0.4, -0.2) is 43.8 Å². The van der Waals surface area contributed by atoms with Gasteiger partial charge in [0.15, 0.2) is 0 Å². The Kier molecular flexibility index (Phi) is 9.80. The topological polar surface area (TPSA) is 86.8 Å². The Hall–Kier alpha value is -3.36. The maximum Gasteiger partial charge on any atom is 0.264 e. The molecule has 0 aliphatic rings. The highest BCUT2D eigenvalue weighted by molar-refractivity contribution is 7.92. The van der Waals surface area contributed by atoms with E-state index in [1.54, 1.807) is 55.5 Å². The number of hydrogen-bond donors (Lipinski definition) is 1. The lowest BCUT2D eigenvalue weighted by atomic mass is 10.1. The minimum absolute atomic E-state index is 0.0382. The molecule has 0 aliphatic heterocycles. The van der Waals surface area contributed by atoms with Crippen LogP contribution in [-0.2, 0) is 26.2 Å². The van der Waals surface area contributed by atoms with Gasteiger partial charge in [0, 0.05) is 17.6 Å². The highest BCUT2D eigenvalue weighted by atomic mass is 35.5. The summed E-state index contributed by atoms with van der Waals surface area (Å²) in [6, 6.07) is 17.8. The van der Waals surface area contributed by atoms with Crippen molar-refractivity contribution in [2.75, 3.05) is 10.8 Å². The lowest BCUT2D eigenvalue weighted by Crippen LogP contribution is -2.52. The third kappa shape index (κ3) is 7.40. The van der Waals surface area contributed by atoms with Gasteiger partial charge in [-0.15, -0.1) is 0 Å². The van der Waals surface area contributed by atoms with Crippen molar-refractivity contribution < 1.29 is 18.0 Å². The Labute approximate surface area is 236 Å². The van der Waals surface area contributed by atoms with Gasteiger partial charge in [0.1, 0.15) is 12.6 Å². The molecule has 3 aromatic carbocycles. The first-order valence-corrected chi connectivity index (χ1v) is 14.6. The molecule has 1 unspecified atom stereocenters. The Balaban J connectivity index is 2.07. The normalized spacial score (nSPS) is 12.2. The number of aryl methyl sites for hydroxylation is 3. The maximum absolute atomic E-state index is 14.0. The molecule has 0 heterocycles. The second-order valence-electron chi connectivity index (χ2n) is 10.0. The summed E-state index contributed by atoms with van der Waals surface area (Å²) in [6.07, 6.45) is 0. The Morgan fingerprint density at radius 2 is 1.54 bits per heavy atom. The molecule has 0 bridgehead atoms. The van der Waals surface area contributed by atoms with Crippen LogP contribution in [0.25, 0.3) is 0 Å². The van der Waals surface area contributed by atoms with Crippen molar-refractivity contribution in [2.24, 2.45) is 0 Å². The molecule has 0 radical (unpaired) electrons. The first-order chi connectivity index (χ1) is 18.3. The minimum atomic E-state index is -4.12. The number of benzene rings is 3. The van der Waals surface area contributed by atoms with Crippen molar-refractivity contribution in [1.82, 2.24) is 10.2 Å². The quantitative estimate of drug-likeness (QED) is 0.354. The summed E-state index contributed by atoms with van der Waals surface area (Å²) in [5.74, 6) is -0.875. The molecule has 3 aromatic rings. The van der Waals surface area contributed by atoms with E-state index in [-0.39, 0.29) is 23.4 Å². The van der Waals surface area contributed by atoms with Crippen LogP contribution in [0.1, 0.15) is 43.0 Å². The van der Waals surface area contributed by atoms with Gasteiger partial charge < -0.3 is 10.2 Å². The summed E-state index contributed by atoms with van der Waals surface area (Å²) in [7, 11) is -4.12. The van der Waals surface area contributed by atoms with Gasteiger partial charge in [-0.2, -0.15) is 0 Å². The number of anilines is 1. The molecule has 208 valence electrons. The number of carbonyl (C=O) groups is 2. The van der Waals surface area contributed by atoms with E-state index in [0.717, 1.165) is 21.0 Å². The molecule has 0 saturated carbocycles. The zero-order chi connectivity index (χ0) is 28.9. The van der Waals surface area contributed by atoms with Gasteiger partial charge in [-0.3, -0.25) is 13.9 Å². The number of carbonyl (C=O) groups excluding carboxylic acids is 2. The molecular formula is C30H36ClN3O4S. The summed E-state index contributed by atoms with van der Waals surface area (Å²) in [5.41, 5.74) is 3.82. The van der Waals surface area contributed by atoms with E-state index < -0.39 is 28.5 Å². The molecule has 7 nitrogen and oxygen atoms in total. The summed E-state index contributed by atoms with van der Waals surface area (Å²) >= 11 is 6.40. The molecule has 0 spiro atoms. The molecule has 0 aliphatic carbocycles. The van der Waals surface area contributed by atoms with E-state index in [9.17, 15) is 18.0 Å². The number of rotatable bonds is 10. The Morgan fingerprint density at radius 1 is 0.897 bits per heavy atom. The molecule has 0 fully saturated rings.